The number of primary sulfonamides is 1. The fourth-order valence-electron chi connectivity index (χ4n) is 1.03. The van der Waals surface area contributed by atoms with Gasteiger partial charge in [0.15, 0.2) is 0 Å². The van der Waals surface area contributed by atoms with Crippen LogP contribution in [0, 0.1) is 5.41 Å². The molecule has 98 valence electrons. The summed E-state index contributed by atoms with van der Waals surface area (Å²) in [6, 6.07) is 0. The molecule has 0 saturated carbocycles. The summed E-state index contributed by atoms with van der Waals surface area (Å²) in [7, 11) is -3.61. The summed E-state index contributed by atoms with van der Waals surface area (Å²) in [4.78, 5) is 0. The van der Waals surface area contributed by atoms with Gasteiger partial charge in [-0.05, 0) is 25.7 Å². The Kier molecular flexibility index (Phi) is 5.38. The van der Waals surface area contributed by atoms with E-state index in [-0.39, 0.29) is 18.6 Å². The largest absolute Gasteiger partial charge is 0.396 e. The minimum absolute atomic E-state index is 0.0562. The van der Waals surface area contributed by atoms with Crippen LogP contribution in [0.15, 0.2) is 0 Å². The van der Waals surface area contributed by atoms with Gasteiger partial charge in [0.1, 0.15) is 4.75 Å². The van der Waals surface area contributed by atoms with Gasteiger partial charge in [-0.15, -0.1) is 0 Å². The van der Waals surface area contributed by atoms with Gasteiger partial charge in [0.05, 0.1) is 13.2 Å². The fourth-order valence-corrected chi connectivity index (χ4v) is 1.28. The van der Waals surface area contributed by atoms with Crippen LogP contribution in [0.3, 0.4) is 0 Å². The Morgan fingerprint density at radius 3 is 2.06 bits per heavy atom. The van der Waals surface area contributed by atoms with Crippen LogP contribution in [-0.2, 0) is 14.8 Å². The summed E-state index contributed by atoms with van der Waals surface area (Å²) in [5, 5.41) is 13.9. The molecule has 0 aromatic heterocycles. The Labute approximate surface area is 98.0 Å². The third-order valence-electron chi connectivity index (χ3n) is 2.50. The lowest BCUT2D eigenvalue weighted by atomic mass is 9.91. The minimum atomic E-state index is -3.61. The molecule has 0 aliphatic heterocycles. The van der Waals surface area contributed by atoms with Crippen LogP contribution in [-0.4, -0.2) is 38.1 Å². The Bertz CT molecular complexity index is 309. The number of aliphatic hydroxyl groups is 1. The highest BCUT2D eigenvalue weighted by Crippen LogP contribution is 2.21. The molecule has 0 unspecified atom stereocenters. The van der Waals surface area contributed by atoms with Crippen molar-refractivity contribution < 1.29 is 18.3 Å². The molecule has 0 aliphatic carbocycles. The highest BCUT2D eigenvalue weighted by Gasteiger charge is 2.32. The molecule has 0 rings (SSSR count). The maximum Gasteiger partial charge on any atom is 0.216 e. The van der Waals surface area contributed by atoms with E-state index in [1.165, 1.54) is 13.8 Å². The SMILES string of the molecule is CC(C)(CCO)COCC(C)(C)S(N)(=O)=O. The van der Waals surface area contributed by atoms with E-state index in [1.54, 1.807) is 0 Å². The molecule has 0 atom stereocenters. The van der Waals surface area contributed by atoms with Crippen molar-refractivity contribution >= 4 is 10.0 Å². The Hall–Kier alpha value is -0.170. The molecule has 0 heterocycles. The Balaban J connectivity index is 4.19. The van der Waals surface area contributed by atoms with Crippen molar-refractivity contribution in [1.29, 1.82) is 0 Å². The number of sulfonamides is 1. The smallest absolute Gasteiger partial charge is 0.216 e. The van der Waals surface area contributed by atoms with E-state index in [0.29, 0.717) is 13.0 Å². The summed E-state index contributed by atoms with van der Waals surface area (Å²) in [5.74, 6) is 0. The van der Waals surface area contributed by atoms with Gasteiger partial charge in [0.2, 0.25) is 10.0 Å². The lowest BCUT2D eigenvalue weighted by molar-refractivity contribution is 0.0389. The van der Waals surface area contributed by atoms with Crippen molar-refractivity contribution in [3.8, 4) is 0 Å². The van der Waals surface area contributed by atoms with Crippen LogP contribution in [0.5, 0.6) is 0 Å². The molecule has 0 aromatic rings. The quantitative estimate of drug-likeness (QED) is 0.690. The lowest BCUT2D eigenvalue weighted by Crippen LogP contribution is -2.42. The van der Waals surface area contributed by atoms with Crippen LogP contribution in [0.2, 0.25) is 0 Å². The third kappa shape index (κ3) is 5.25. The summed E-state index contributed by atoms with van der Waals surface area (Å²) in [6.07, 6.45) is 0.614. The van der Waals surface area contributed by atoms with E-state index in [2.05, 4.69) is 0 Å². The summed E-state index contributed by atoms with van der Waals surface area (Å²) >= 11 is 0. The maximum atomic E-state index is 11.2. The average Bonchev–Trinajstić information content (AvgIpc) is 2.00. The number of hydrogen-bond donors (Lipinski definition) is 2. The van der Waals surface area contributed by atoms with E-state index in [0.717, 1.165) is 0 Å². The zero-order chi connectivity index (χ0) is 13.0. The van der Waals surface area contributed by atoms with Gasteiger partial charge < -0.3 is 9.84 Å². The van der Waals surface area contributed by atoms with Crippen molar-refractivity contribution in [3.63, 3.8) is 0 Å². The van der Waals surface area contributed by atoms with Gasteiger partial charge in [-0.2, -0.15) is 0 Å². The van der Waals surface area contributed by atoms with E-state index in [1.807, 2.05) is 13.8 Å². The van der Waals surface area contributed by atoms with Crippen molar-refractivity contribution in [2.45, 2.75) is 38.9 Å². The van der Waals surface area contributed by atoms with Crippen LogP contribution >= 0.6 is 0 Å². The molecule has 0 fully saturated rings. The van der Waals surface area contributed by atoms with Crippen molar-refractivity contribution in [2.24, 2.45) is 10.6 Å². The van der Waals surface area contributed by atoms with Gasteiger partial charge in [0, 0.05) is 6.61 Å². The first-order valence-electron chi connectivity index (χ1n) is 5.23. The second-order valence-corrected chi connectivity index (χ2v) is 7.63. The molecule has 0 bridgehead atoms. The first kappa shape index (κ1) is 15.8. The summed E-state index contributed by atoms with van der Waals surface area (Å²) in [5.41, 5.74) is -0.164. The Morgan fingerprint density at radius 1 is 1.19 bits per heavy atom. The number of aliphatic hydroxyl groups excluding tert-OH is 1. The number of ether oxygens (including phenoxy) is 1. The summed E-state index contributed by atoms with van der Waals surface area (Å²) < 4.78 is 26.7. The zero-order valence-corrected chi connectivity index (χ0v) is 11.3. The van der Waals surface area contributed by atoms with Gasteiger partial charge >= 0.3 is 0 Å². The molecule has 16 heavy (non-hydrogen) atoms. The second kappa shape index (κ2) is 5.44. The molecule has 6 heteroatoms. The zero-order valence-electron chi connectivity index (χ0n) is 10.5. The predicted octanol–water partition coefficient (Wildman–Crippen LogP) is 0.479. The van der Waals surface area contributed by atoms with Gasteiger partial charge in [-0.25, -0.2) is 13.6 Å². The summed E-state index contributed by atoms with van der Waals surface area (Å²) in [6.45, 7) is 7.51. The highest BCUT2D eigenvalue weighted by molar-refractivity contribution is 7.90. The average molecular weight is 253 g/mol. The van der Waals surface area contributed by atoms with Crippen molar-refractivity contribution in [2.75, 3.05) is 19.8 Å². The van der Waals surface area contributed by atoms with Gasteiger partial charge in [-0.3, -0.25) is 0 Å². The normalized spacial score (nSPS) is 14.1. The van der Waals surface area contributed by atoms with E-state index in [4.69, 9.17) is 15.0 Å². The van der Waals surface area contributed by atoms with E-state index < -0.39 is 14.8 Å². The van der Waals surface area contributed by atoms with Crippen LogP contribution in [0.4, 0.5) is 0 Å². The van der Waals surface area contributed by atoms with Crippen molar-refractivity contribution in [1.82, 2.24) is 0 Å². The number of hydrogen-bond acceptors (Lipinski definition) is 4. The monoisotopic (exact) mass is 253 g/mol. The molecule has 0 radical (unpaired) electrons. The Morgan fingerprint density at radius 2 is 1.69 bits per heavy atom. The third-order valence-corrected chi connectivity index (χ3v) is 4.16. The second-order valence-electron chi connectivity index (χ2n) is 5.44. The fraction of sp³-hybridized carbons (Fsp3) is 1.00. The molecular formula is C10H23NO4S. The molecule has 0 saturated heterocycles. The molecule has 3 N–H and O–H groups in total. The van der Waals surface area contributed by atoms with Crippen LogP contribution in [0.25, 0.3) is 0 Å². The molecule has 0 aliphatic rings. The molecule has 5 nitrogen and oxygen atoms in total. The maximum absolute atomic E-state index is 11.2. The number of nitrogens with two attached hydrogens (primary N) is 1. The predicted molar refractivity (Wildman–Crippen MR) is 63.5 cm³/mol. The minimum Gasteiger partial charge on any atom is -0.396 e. The van der Waals surface area contributed by atoms with Gasteiger partial charge in [-0.1, -0.05) is 13.8 Å². The van der Waals surface area contributed by atoms with E-state index >= 15 is 0 Å². The van der Waals surface area contributed by atoms with E-state index in [9.17, 15) is 8.42 Å². The molecule has 0 spiro atoms. The number of rotatable bonds is 7. The molecule has 0 aromatic carbocycles. The molecular weight excluding hydrogens is 230 g/mol. The van der Waals surface area contributed by atoms with Crippen LogP contribution in [0.1, 0.15) is 34.1 Å². The van der Waals surface area contributed by atoms with Crippen molar-refractivity contribution in [3.05, 3.63) is 0 Å². The highest BCUT2D eigenvalue weighted by atomic mass is 32.2. The topological polar surface area (TPSA) is 89.6 Å². The van der Waals surface area contributed by atoms with Gasteiger partial charge in [0.25, 0.3) is 0 Å². The first-order valence-corrected chi connectivity index (χ1v) is 6.77. The lowest BCUT2D eigenvalue weighted by Gasteiger charge is -2.27. The van der Waals surface area contributed by atoms with Crippen LogP contribution < -0.4 is 5.14 Å². The molecule has 0 amide bonds. The standard InChI is InChI=1S/C10H23NO4S/c1-9(2,5-6-12)7-15-8-10(3,4)16(11,13)14/h12H,5-8H2,1-4H3,(H2,11,13,14). The first-order chi connectivity index (χ1) is 7.02.